The highest BCUT2D eigenvalue weighted by atomic mass is 35.5. The van der Waals surface area contributed by atoms with Gasteiger partial charge < -0.3 is 10.1 Å². The summed E-state index contributed by atoms with van der Waals surface area (Å²) in [7, 11) is 0. The van der Waals surface area contributed by atoms with Gasteiger partial charge in [0.05, 0.1) is 5.69 Å². The van der Waals surface area contributed by atoms with Crippen molar-refractivity contribution in [1.82, 2.24) is 0 Å². The van der Waals surface area contributed by atoms with Gasteiger partial charge in [-0.25, -0.2) is 0 Å². The zero-order chi connectivity index (χ0) is 20.8. The largest absolute Gasteiger partial charge is 0.481 e. The summed E-state index contributed by atoms with van der Waals surface area (Å²) in [5.41, 5.74) is 2.37. The van der Waals surface area contributed by atoms with Crippen molar-refractivity contribution in [2.75, 3.05) is 5.32 Å². The van der Waals surface area contributed by atoms with Gasteiger partial charge in [0.2, 0.25) is 0 Å². The summed E-state index contributed by atoms with van der Waals surface area (Å²) in [4.78, 5) is 25.8. The van der Waals surface area contributed by atoms with E-state index in [0.29, 0.717) is 34.0 Å². The average molecular weight is 408 g/mol. The fourth-order valence-corrected chi connectivity index (χ4v) is 3.05. The van der Waals surface area contributed by atoms with Crippen molar-refractivity contribution in [3.05, 3.63) is 94.5 Å². The first kappa shape index (κ1) is 20.6. The molecule has 3 aromatic rings. The van der Waals surface area contributed by atoms with Gasteiger partial charge in [0.15, 0.2) is 11.9 Å². The van der Waals surface area contributed by atoms with Crippen molar-refractivity contribution in [1.29, 1.82) is 0 Å². The molecule has 0 radical (unpaired) electrons. The monoisotopic (exact) mass is 407 g/mol. The van der Waals surface area contributed by atoms with E-state index in [9.17, 15) is 9.59 Å². The smallest absolute Gasteiger partial charge is 0.265 e. The molecule has 0 spiro atoms. The molecule has 0 aliphatic heterocycles. The summed E-state index contributed by atoms with van der Waals surface area (Å²) in [6, 6.07) is 21.2. The van der Waals surface area contributed by atoms with Crippen LogP contribution in [0, 0.1) is 6.92 Å². The van der Waals surface area contributed by atoms with Crippen LogP contribution >= 0.6 is 11.6 Å². The van der Waals surface area contributed by atoms with E-state index < -0.39 is 6.10 Å². The predicted octanol–water partition coefficient (Wildman–Crippen LogP) is 5.68. The maximum atomic E-state index is 12.9. The molecule has 0 saturated carbocycles. The van der Waals surface area contributed by atoms with Gasteiger partial charge >= 0.3 is 0 Å². The molecule has 3 rings (SSSR count). The molecule has 0 aliphatic carbocycles. The van der Waals surface area contributed by atoms with Crippen LogP contribution in [0.3, 0.4) is 0 Å². The van der Waals surface area contributed by atoms with E-state index in [0.717, 1.165) is 5.56 Å². The molecule has 1 amide bonds. The lowest BCUT2D eigenvalue weighted by Crippen LogP contribution is -2.33. The number of hydrogen-bond acceptors (Lipinski definition) is 3. The van der Waals surface area contributed by atoms with Gasteiger partial charge in [0.25, 0.3) is 5.91 Å². The van der Waals surface area contributed by atoms with E-state index in [1.165, 1.54) is 0 Å². The molecular weight excluding hydrogens is 386 g/mol. The summed E-state index contributed by atoms with van der Waals surface area (Å²) in [5, 5.41) is 3.25. The number of halogens is 1. The van der Waals surface area contributed by atoms with Crippen LogP contribution in [0.2, 0.25) is 5.02 Å². The standard InChI is InChI=1S/C24H22ClNO3/c1-3-22(29-19-12-9-16(2)10-13-19)24(28)26-21-14-11-18(25)15-20(21)23(27)17-7-5-4-6-8-17/h4-15,22H,3H2,1-2H3,(H,26,28)/t22-/m1/s1. The van der Waals surface area contributed by atoms with Crippen LogP contribution in [0.4, 0.5) is 5.69 Å². The SMILES string of the molecule is CC[C@@H](Oc1ccc(C)cc1)C(=O)Nc1ccc(Cl)cc1C(=O)c1ccccc1. The van der Waals surface area contributed by atoms with Gasteiger partial charge in [-0.2, -0.15) is 0 Å². The minimum absolute atomic E-state index is 0.212. The molecule has 0 aliphatic rings. The summed E-state index contributed by atoms with van der Waals surface area (Å²) in [5.74, 6) is 0.0858. The number of amides is 1. The number of nitrogens with one attached hydrogen (secondary N) is 1. The van der Waals surface area contributed by atoms with Crippen molar-refractivity contribution in [2.24, 2.45) is 0 Å². The molecule has 1 N–H and O–H groups in total. The molecule has 3 aromatic carbocycles. The molecule has 1 atom stereocenters. The quantitative estimate of drug-likeness (QED) is 0.513. The van der Waals surface area contributed by atoms with E-state index in [-0.39, 0.29) is 11.7 Å². The van der Waals surface area contributed by atoms with Crippen molar-refractivity contribution >= 4 is 29.0 Å². The van der Waals surface area contributed by atoms with Crippen LogP contribution in [0.5, 0.6) is 5.75 Å². The Morgan fingerprint density at radius 3 is 2.34 bits per heavy atom. The Morgan fingerprint density at radius 1 is 1.00 bits per heavy atom. The fourth-order valence-electron chi connectivity index (χ4n) is 2.87. The molecule has 0 unspecified atom stereocenters. The van der Waals surface area contributed by atoms with E-state index in [1.807, 2.05) is 44.2 Å². The van der Waals surface area contributed by atoms with Crippen molar-refractivity contribution < 1.29 is 14.3 Å². The van der Waals surface area contributed by atoms with Crippen LogP contribution < -0.4 is 10.1 Å². The number of carbonyl (C=O) groups is 2. The minimum Gasteiger partial charge on any atom is -0.481 e. The number of anilines is 1. The first-order valence-corrected chi connectivity index (χ1v) is 9.79. The van der Waals surface area contributed by atoms with Crippen LogP contribution in [0.15, 0.2) is 72.8 Å². The van der Waals surface area contributed by atoms with Crippen LogP contribution in [0.25, 0.3) is 0 Å². The third-order valence-electron chi connectivity index (χ3n) is 4.48. The molecule has 0 fully saturated rings. The first-order chi connectivity index (χ1) is 14.0. The van der Waals surface area contributed by atoms with Gasteiger partial charge in [-0.15, -0.1) is 0 Å². The van der Waals surface area contributed by atoms with Crippen LogP contribution in [0.1, 0.15) is 34.8 Å². The molecule has 4 nitrogen and oxygen atoms in total. The van der Waals surface area contributed by atoms with E-state index >= 15 is 0 Å². The molecule has 0 saturated heterocycles. The Kier molecular flexibility index (Phi) is 6.68. The topological polar surface area (TPSA) is 55.4 Å². The summed E-state index contributed by atoms with van der Waals surface area (Å²) < 4.78 is 5.84. The number of ether oxygens (including phenoxy) is 1. The third kappa shape index (κ3) is 5.24. The number of benzene rings is 3. The Morgan fingerprint density at radius 2 is 1.69 bits per heavy atom. The zero-order valence-electron chi connectivity index (χ0n) is 16.3. The van der Waals surface area contributed by atoms with Gasteiger partial charge in [-0.05, 0) is 43.7 Å². The van der Waals surface area contributed by atoms with Gasteiger partial charge in [0, 0.05) is 16.1 Å². The third-order valence-corrected chi connectivity index (χ3v) is 4.72. The predicted molar refractivity (Wildman–Crippen MR) is 116 cm³/mol. The summed E-state index contributed by atoms with van der Waals surface area (Å²) in [6.45, 7) is 3.86. The lowest BCUT2D eigenvalue weighted by atomic mass is 10.0. The Labute approximate surface area is 175 Å². The number of aryl methyl sites for hydroxylation is 1. The number of hydrogen-bond donors (Lipinski definition) is 1. The Bertz CT molecular complexity index is 1000. The molecule has 29 heavy (non-hydrogen) atoms. The number of carbonyl (C=O) groups excluding carboxylic acids is 2. The second-order valence-corrected chi connectivity index (χ2v) is 7.14. The maximum absolute atomic E-state index is 12.9. The number of ketones is 1. The van der Waals surface area contributed by atoms with Crippen molar-refractivity contribution in [3.8, 4) is 5.75 Å². The molecule has 148 valence electrons. The molecular formula is C24H22ClNO3. The zero-order valence-corrected chi connectivity index (χ0v) is 17.1. The van der Waals surface area contributed by atoms with E-state index in [4.69, 9.17) is 16.3 Å². The second-order valence-electron chi connectivity index (χ2n) is 6.70. The highest BCUT2D eigenvalue weighted by Crippen LogP contribution is 2.24. The minimum atomic E-state index is -0.687. The Balaban J connectivity index is 1.82. The molecule has 0 bridgehead atoms. The molecule has 0 aromatic heterocycles. The second kappa shape index (κ2) is 9.39. The summed E-state index contributed by atoms with van der Waals surface area (Å²) in [6.07, 6.45) is -0.206. The van der Waals surface area contributed by atoms with Gasteiger partial charge in [-0.1, -0.05) is 66.6 Å². The van der Waals surface area contributed by atoms with Gasteiger partial charge in [-0.3, -0.25) is 9.59 Å². The average Bonchev–Trinajstić information content (AvgIpc) is 2.74. The van der Waals surface area contributed by atoms with Crippen molar-refractivity contribution in [3.63, 3.8) is 0 Å². The van der Waals surface area contributed by atoms with Crippen LogP contribution in [-0.2, 0) is 4.79 Å². The molecule has 5 heteroatoms. The van der Waals surface area contributed by atoms with Crippen LogP contribution in [-0.4, -0.2) is 17.8 Å². The first-order valence-electron chi connectivity index (χ1n) is 9.41. The highest BCUT2D eigenvalue weighted by Gasteiger charge is 2.22. The van der Waals surface area contributed by atoms with E-state index in [1.54, 1.807) is 42.5 Å². The van der Waals surface area contributed by atoms with Crippen molar-refractivity contribution in [2.45, 2.75) is 26.4 Å². The molecule has 0 heterocycles. The fraction of sp³-hybridized carbons (Fsp3) is 0.167. The van der Waals surface area contributed by atoms with Gasteiger partial charge in [0.1, 0.15) is 5.75 Å². The Hall–Kier alpha value is -3.11. The summed E-state index contributed by atoms with van der Waals surface area (Å²) >= 11 is 6.11. The highest BCUT2D eigenvalue weighted by molar-refractivity contribution is 6.31. The lowest BCUT2D eigenvalue weighted by molar-refractivity contribution is -0.122. The lowest BCUT2D eigenvalue weighted by Gasteiger charge is -2.18. The van der Waals surface area contributed by atoms with E-state index in [2.05, 4.69) is 5.32 Å². The maximum Gasteiger partial charge on any atom is 0.265 e. The number of rotatable bonds is 7. The normalized spacial score (nSPS) is 11.6.